The maximum atomic E-state index is 11.7. The molecule has 0 spiro atoms. The molecule has 0 radical (unpaired) electrons. The first kappa shape index (κ1) is 14.0. The predicted octanol–water partition coefficient (Wildman–Crippen LogP) is 2.54. The molecule has 1 aromatic heterocycles. The van der Waals surface area contributed by atoms with Crippen molar-refractivity contribution in [2.24, 2.45) is 5.92 Å². The van der Waals surface area contributed by atoms with Crippen molar-refractivity contribution < 1.29 is 14.7 Å². The van der Waals surface area contributed by atoms with E-state index in [4.69, 9.17) is 5.11 Å². The summed E-state index contributed by atoms with van der Waals surface area (Å²) in [6.45, 7) is 0.636. The van der Waals surface area contributed by atoms with Gasteiger partial charge in [-0.3, -0.25) is 4.79 Å². The Balaban J connectivity index is 1.69. The van der Waals surface area contributed by atoms with Crippen LogP contribution in [0.1, 0.15) is 58.8 Å². The molecule has 1 fully saturated rings. The van der Waals surface area contributed by atoms with Crippen LogP contribution in [0.4, 0.5) is 0 Å². The average Bonchev–Trinajstić information content (AvgIpc) is 3.05. The first-order valence-corrected chi connectivity index (χ1v) is 7.52. The lowest BCUT2D eigenvalue weighted by Gasteiger charge is -2.08. The highest BCUT2D eigenvalue weighted by Crippen LogP contribution is 2.28. The average molecular weight is 282 g/mol. The van der Waals surface area contributed by atoms with Crippen LogP contribution in [0, 0.1) is 5.92 Å². The second-order valence-electron chi connectivity index (χ2n) is 4.89. The van der Waals surface area contributed by atoms with E-state index in [1.54, 1.807) is 0 Å². The van der Waals surface area contributed by atoms with Gasteiger partial charge >= 0.3 is 5.97 Å². The van der Waals surface area contributed by atoms with E-state index < -0.39 is 5.97 Å². The van der Waals surface area contributed by atoms with E-state index in [9.17, 15) is 9.59 Å². The van der Waals surface area contributed by atoms with Crippen LogP contribution in [0.5, 0.6) is 0 Å². The van der Waals surface area contributed by atoms with Crippen molar-refractivity contribution in [1.82, 2.24) is 10.3 Å². The van der Waals surface area contributed by atoms with Gasteiger partial charge in [0.2, 0.25) is 0 Å². The van der Waals surface area contributed by atoms with Gasteiger partial charge < -0.3 is 10.4 Å². The van der Waals surface area contributed by atoms with Crippen LogP contribution in [-0.2, 0) is 0 Å². The summed E-state index contributed by atoms with van der Waals surface area (Å²) >= 11 is 1.07. The summed E-state index contributed by atoms with van der Waals surface area (Å²) < 4.78 is 0. The van der Waals surface area contributed by atoms with Crippen molar-refractivity contribution in [2.75, 3.05) is 6.54 Å². The summed E-state index contributed by atoms with van der Waals surface area (Å²) in [6, 6.07) is 0. The lowest BCUT2D eigenvalue weighted by Crippen LogP contribution is -2.24. The largest absolute Gasteiger partial charge is 0.476 e. The fourth-order valence-corrected chi connectivity index (χ4v) is 3.15. The van der Waals surface area contributed by atoms with Gasteiger partial charge in [-0.05, 0) is 18.8 Å². The monoisotopic (exact) mass is 282 g/mol. The van der Waals surface area contributed by atoms with Crippen LogP contribution < -0.4 is 5.32 Å². The van der Waals surface area contributed by atoms with Crippen LogP contribution in [0.25, 0.3) is 0 Å². The molecule has 0 bridgehead atoms. The SMILES string of the molecule is O=C(O)c1csc(C(=O)NCCCC2CCCC2)n1. The van der Waals surface area contributed by atoms with Crippen LogP contribution in [0.3, 0.4) is 0 Å². The molecule has 0 atom stereocenters. The van der Waals surface area contributed by atoms with E-state index >= 15 is 0 Å². The van der Waals surface area contributed by atoms with Gasteiger partial charge in [-0.25, -0.2) is 9.78 Å². The molecule has 104 valence electrons. The van der Waals surface area contributed by atoms with Crippen LogP contribution in [-0.4, -0.2) is 28.5 Å². The molecule has 19 heavy (non-hydrogen) atoms. The Bertz CT molecular complexity index is 452. The van der Waals surface area contributed by atoms with Gasteiger partial charge in [0, 0.05) is 11.9 Å². The number of carbonyl (C=O) groups is 2. The molecule has 1 heterocycles. The van der Waals surface area contributed by atoms with Crippen LogP contribution in [0.15, 0.2) is 5.38 Å². The minimum absolute atomic E-state index is 0.0684. The van der Waals surface area contributed by atoms with E-state index in [0.717, 1.165) is 23.7 Å². The second-order valence-corrected chi connectivity index (χ2v) is 5.75. The maximum absolute atomic E-state index is 11.7. The van der Waals surface area contributed by atoms with Gasteiger partial charge in [-0.15, -0.1) is 11.3 Å². The molecule has 1 amide bonds. The number of amides is 1. The van der Waals surface area contributed by atoms with Crippen LogP contribution >= 0.6 is 11.3 Å². The lowest BCUT2D eigenvalue weighted by molar-refractivity contribution is 0.0691. The number of rotatable bonds is 6. The number of aromatic nitrogens is 1. The van der Waals surface area contributed by atoms with Crippen molar-refractivity contribution in [3.8, 4) is 0 Å². The highest BCUT2D eigenvalue weighted by molar-refractivity contribution is 7.11. The molecular weight excluding hydrogens is 264 g/mol. The summed E-state index contributed by atoms with van der Waals surface area (Å²) in [5.74, 6) is -0.546. The number of nitrogens with zero attached hydrogens (tertiary/aromatic N) is 1. The molecule has 5 nitrogen and oxygen atoms in total. The van der Waals surface area contributed by atoms with E-state index in [2.05, 4.69) is 10.3 Å². The zero-order valence-corrected chi connectivity index (χ0v) is 11.5. The fourth-order valence-electron chi connectivity index (χ4n) is 2.44. The third-order valence-corrected chi connectivity index (χ3v) is 4.31. The fraction of sp³-hybridized carbons (Fsp3) is 0.615. The molecule has 1 saturated carbocycles. The molecule has 6 heteroatoms. The van der Waals surface area contributed by atoms with E-state index in [1.165, 1.54) is 37.5 Å². The first-order valence-electron chi connectivity index (χ1n) is 6.64. The molecule has 2 N–H and O–H groups in total. The van der Waals surface area contributed by atoms with Gasteiger partial charge in [0.15, 0.2) is 10.7 Å². The number of carboxylic acids is 1. The minimum Gasteiger partial charge on any atom is -0.476 e. The quantitative estimate of drug-likeness (QED) is 0.786. The number of hydrogen-bond donors (Lipinski definition) is 2. The Morgan fingerprint density at radius 3 is 2.79 bits per heavy atom. The van der Waals surface area contributed by atoms with E-state index in [0.29, 0.717) is 6.54 Å². The smallest absolute Gasteiger partial charge is 0.355 e. The Kier molecular flexibility index (Phi) is 4.90. The van der Waals surface area contributed by atoms with Crippen LogP contribution in [0.2, 0.25) is 0 Å². The zero-order valence-electron chi connectivity index (χ0n) is 10.7. The molecule has 1 aliphatic rings. The van der Waals surface area contributed by atoms with Gasteiger partial charge in [-0.2, -0.15) is 0 Å². The molecule has 0 aromatic carbocycles. The van der Waals surface area contributed by atoms with Gasteiger partial charge in [-0.1, -0.05) is 25.7 Å². The topological polar surface area (TPSA) is 79.3 Å². The highest BCUT2D eigenvalue weighted by atomic mass is 32.1. The van der Waals surface area contributed by atoms with Crippen molar-refractivity contribution in [3.05, 3.63) is 16.1 Å². The molecule has 0 unspecified atom stereocenters. The summed E-state index contributed by atoms with van der Waals surface area (Å²) in [7, 11) is 0. The summed E-state index contributed by atoms with van der Waals surface area (Å²) in [5, 5.41) is 13.1. The van der Waals surface area contributed by atoms with Gasteiger partial charge in [0.05, 0.1) is 0 Å². The number of nitrogens with one attached hydrogen (secondary N) is 1. The second kappa shape index (κ2) is 6.65. The van der Waals surface area contributed by atoms with Gasteiger partial charge in [0.1, 0.15) is 0 Å². The number of aromatic carboxylic acids is 1. The van der Waals surface area contributed by atoms with Gasteiger partial charge in [0.25, 0.3) is 5.91 Å². The summed E-state index contributed by atoms with van der Waals surface area (Å²) in [4.78, 5) is 26.2. The standard InChI is InChI=1S/C13H18N2O3S/c16-11(12-15-10(8-19-12)13(17)18)14-7-3-6-9-4-1-2-5-9/h8-9H,1-7H2,(H,14,16)(H,17,18). The van der Waals surface area contributed by atoms with Crippen molar-refractivity contribution in [2.45, 2.75) is 38.5 Å². The Morgan fingerprint density at radius 1 is 1.42 bits per heavy atom. The Morgan fingerprint density at radius 2 is 2.16 bits per heavy atom. The van der Waals surface area contributed by atoms with E-state index in [1.807, 2.05) is 0 Å². The number of carbonyl (C=O) groups excluding carboxylic acids is 1. The third-order valence-electron chi connectivity index (χ3n) is 3.47. The first-order chi connectivity index (χ1) is 9.16. The Labute approximate surface area is 116 Å². The van der Waals surface area contributed by atoms with E-state index in [-0.39, 0.29) is 16.6 Å². The molecule has 1 aliphatic carbocycles. The predicted molar refractivity (Wildman–Crippen MR) is 72.6 cm³/mol. The summed E-state index contributed by atoms with van der Waals surface area (Å²) in [5.41, 5.74) is -0.0684. The number of hydrogen-bond acceptors (Lipinski definition) is 4. The molecule has 1 aromatic rings. The van der Waals surface area contributed by atoms with Crippen molar-refractivity contribution in [3.63, 3.8) is 0 Å². The normalized spacial score (nSPS) is 15.6. The third kappa shape index (κ3) is 4.02. The van der Waals surface area contributed by atoms with Crippen molar-refractivity contribution >= 4 is 23.2 Å². The highest BCUT2D eigenvalue weighted by Gasteiger charge is 2.16. The Hall–Kier alpha value is -1.43. The molecule has 0 saturated heterocycles. The molecule has 2 rings (SSSR count). The number of carboxylic acid groups (broad SMARTS) is 1. The van der Waals surface area contributed by atoms with Crippen molar-refractivity contribution in [1.29, 1.82) is 0 Å². The minimum atomic E-state index is -1.10. The maximum Gasteiger partial charge on any atom is 0.355 e. The summed E-state index contributed by atoms with van der Waals surface area (Å²) in [6.07, 6.45) is 7.47. The molecule has 0 aliphatic heterocycles. The molecular formula is C13H18N2O3S. The number of thiazole rings is 1. The zero-order chi connectivity index (χ0) is 13.7. The lowest BCUT2D eigenvalue weighted by atomic mass is 10.0.